The zero-order valence-electron chi connectivity index (χ0n) is 22.1. The summed E-state index contributed by atoms with van der Waals surface area (Å²) in [5.41, 5.74) is 9.75. The van der Waals surface area contributed by atoms with Crippen LogP contribution < -0.4 is 16.4 Å². The molecule has 0 bridgehead atoms. The number of nitrogen functional groups attached to an aromatic ring is 1. The molecular weight excluding hydrogens is 554 g/mol. The van der Waals surface area contributed by atoms with Gasteiger partial charge in [0.2, 0.25) is 0 Å². The van der Waals surface area contributed by atoms with Crippen LogP contribution in [-0.2, 0) is 22.8 Å². The SMILES string of the molecule is CC(Cc1ccc2c(c1)cc(C(=O)O)n2Cc1ccc(NCS(C)(=O)=O)cc1)NCC(O)c1cnc(N)c(Cl)c1. The van der Waals surface area contributed by atoms with Crippen LogP contribution in [0.15, 0.2) is 60.8 Å². The summed E-state index contributed by atoms with van der Waals surface area (Å²) in [5, 5.41) is 27.6. The van der Waals surface area contributed by atoms with Gasteiger partial charge in [0.25, 0.3) is 0 Å². The van der Waals surface area contributed by atoms with Gasteiger partial charge in [-0.15, -0.1) is 0 Å². The highest BCUT2D eigenvalue weighted by atomic mass is 35.5. The number of rotatable bonds is 12. The summed E-state index contributed by atoms with van der Waals surface area (Å²) in [6.45, 7) is 2.65. The summed E-state index contributed by atoms with van der Waals surface area (Å²) in [5.74, 6) is -0.971. The summed E-state index contributed by atoms with van der Waals surface area (Å²) >= 11 is 6.01. The standard InChI is InChI=1S/C28H32ClN5O5S/c1-17(31-14-26(35)21-11-23(29)27(30)32-13-21)9-19-5-8-24-20(10-19)12-25(28(36)37)34(24)15-18-3-6-22(7-4-18)33-16-40(2,38)39/h3-8,10-13,17,26,31,33,35H,9,14-16H2,1-2H3,(H2,30,32)(H,36,37). The molecule has 2 unspecified atom stereocenters. The van der Waals surface area contributed by atoms with Gasteiger partial charge in [-0.25, -0.2) is 18.2 Å². The number of hydrogen-bond acceptors (Lipinski definition) is 8. The molecular formula is C28H32ClN5O5S. The van der Waals surface area contributed by atoms with E-state index >= 15 is 0 Å². The maximum absolute atomic E-state index is 12.0. The summed E-state index contributed by atoms with van der Waals surface area (Å²) in [7, 11) is -3.15. The molecule has 0 aliphatic rings. The number of nitrogens with zero attached hydrogens (tertiary/aromatic N) is 2. The van der Waals surface area contributed by atoms with Crippen LogP contribution in [0, 0.1) is 0 Å². The number of aliphatic hydroxyl groups excluding tert-OH is 1. The molecule has 4 rings (SSSR count). The van der Waals surface area contributed by atoms with Crippen LogP contribution in [-0.4, -0.2) is 58.9 Å². The van der Waals surface area contributed by atoms with Gasteiger partial charge >= 0.3 is 5.97 Å². The molecule has 0 aliphatic heterocycles. The molecule has 0 radical (unpaired) electrons. The smallest absolute Gasteiger partial charge is 0.352 e. The van der Waals surface area contributed by atoms with Gasteiger partial charge in [-0.1, -0.05) is 29.8 Å². The highest BCUT2D eigenvalue weighted by molar-refractivity contribution is 7.90. The zero-order valence-corrected chi connectivity index (χ0v) is 23.7. The van der Waals surface area contributed by atoms with Gasteiger partial charge in [0.1, 0.15) is 17.4 Å². The van der Waals surface area contributed by atoms with E-state index in [0.717, 1.165) is 28.3 Å². The molecule has 2 heterocycles. The highest BCUT2D eigenvalue weighted by Crippen LogP contribution is 2.25. The van der Waals surface area contributed by atoms with Crippen molar-refractivity contribution in [3.05, 3.63) is 88.2 Å². The molecule has 0 fully saturated rings. The third-order valence-electron chi connectivity index (χ3n) is 6.50. The Bertz CT molecular complexity index is 1620. The number of carboxylic acid groups (broad SMARTS) is 1. The number of sulfone groups is 1. The fraction of sp³-hybridized carbons (Fsp3) is 0.286. The van der Waals surface area contributed by atoms with Crippen LogP contribution in [0.1, 0.15) is 40.2 Å². The Morgan fingerprint density at radius 3 is 2.48 bits per heavy atom. The minimum absolute atomic E-state index is 0.0279. The zero-order chi connectivity index (χ0) is 29.0. The Balaban J connectivity index is 1.44. The number of carbonyl (C=O) groups is 1. The lowest BCUT2D eigenvalue weighted by atomic mass is 10.0. The van der Waals surface area contributed by atoms with Crippen LogP contribution >= 0.6 is 11.6 Å². The second-order valence-electron chi connectivity index (χ2n) is 9.92. The minimum Gasteiger partial charge on any atom is -0.477 e. The van der Waals surface area contributed by atoms with Gasteiger partial charge in [0, 0.05) is 53.7 Å². The van der Waals surface area contributed by atoms with Crippen molar-refractivity contribution in [3.63, 3.8) is 0 Å². The topological polar surface area (TPSA) is 160 Å². The Morgan fingerprint density at radius 1 is 1.12 bits per heavy atom. The number of anilines is 2. The van der Waals surface area contributed by atoms with Gasteiger partial charge < -0.3 is 31.1 Å². The molecule has 2 aromatic carbocycles. The second kappa shape index (κ2) is 12.3. The first-order valence-electron chi connectivity index (χ1n) is 12.6. The number of nitrogens with two attached hydrogens (primary N) is 1. The van der Waals surface area contributed by atoms with E-state index < -0.39 is 21.9 Å². The average Bonchev–Trinajstić information content (AvgIpc) is 3.25. The van der Waals surface area contributed by atoms with E-state index in [2.05, 4.69) is 15.6 Å². The predicted octanol–water partition coefficient (Wildman–Crippen LogP) is 3.69. The lowest BCUT2D eigenvalue weighted by Gasteiger charge is -2.18. The molecule has 0 spiro atoms. The van der Waals surface area contributed by atoms with E-state index in [4.69, 9.17) is 17.3 Å². The number of aliphatic hydroxyl groups is 1. The van der Waals surface area contributed by atoms with Gasteiger partial charge in [-0.2, -0.15) is 0 Å². The lowest BCUT2D eigenvalue weighted by Crippen LogP contribution is -2.32. The van der Waals surface area contributed by atoms with Crippen molar-refractivity contribution in [2.45, 2.75) is 32.0 Å². The van der Waals surface area contributed by atoms with Crippen molar-refractivity contribution in [1.29, 1.82) is 0 Å². The molecule has 10 nitrogen and oxygen atoms in total. The number of benzene rings is 2. The Morgan fingerprint density at radius 2 is 1.82 bits per heavy atom. The number of hydrogen-bond donors (Lipinski definition) is 5. The normalized spacial score (nSPS) is 13.3. The van der Waals surface area contributed by atoms with Crippen LogP contribution in [0.3, 0.4) is 0 Å². The van der Waals surface area contributed by atoms with Crippen LogP contribution in [0.2, 0.25) is 5.02 Å². The summed E-state index contributed by atoms with van der Waals surface area (Å²) < 4.78 is 24.5. The first-order chi connectivity index (χ1) is 18.9. The van der Waals surface area contributed by atoms with E-state index in [0.29, 0.717) is 35.8 Å². The molecule has 2 atom stereocenters. The minimum atomic E-state index is -3.15. The molecule has 0 amide bonds. The predicted molar refractivity (Wildman–Crippen MR) is 158 cm³/mol. The molecule has 0 saturated carbocycles. The van der Waals surface area contributed by atoms with Crippen LogP contribution in [0.5, 0.6) is 0 Å². The Hall–Kier alpha value is -3.64. The maximum atomic E-state index is 12.0. The van der Waals surface area contributed by atoms with Gasteiger partial charge in [-0.05, 0) is 60.9 Å². The van der Waals surface area contributed by atoms with E-state index in [1.165, 1.54) is 6.20 Å². The third kappa shape index (κ3) is 7.51. The summed E-state index contributed by atoms with van der Waals surface area (Å²) in [4.78, 5) is 16.0. The molecule has 212 valence electrons. The maximum Gasteiger partial charge on any atom is 0.352 e. The number of aromatic carboxylic acids is 1. The van der Waals surface area contributed by atoms with Gasteiger partial charge in [-0.3, -0.25) is 0 Å². The largest absolute Gasteiger partial charge is 0.477 e. The first-order valence-corrected chi connectivity index (χ1v) is 15.0. The number of pyridine rings is 1. The molecule has 2 aromatic heterocycles. The number of halogens is 1. The molecule has 0 saturated heterocycles. The second-order valence-corrected chi connectivity index (χ2v) is 12.5. The van der Waals surface area contributed by atoms with E-state index in [9.17, 15) is 23.4 Å². The van der Waals surface area contributed by atoms with Gasteiger partial charge in [0.05, 0.1) is 11.1 Å². The number of carboxylic acids is 1. The fourth-order valence-electron chi connectivity index (χ4n) is 4.42. The van der Waals surface area contributed by atoms with Crippen molar-refractivity contribution in [2.24, 2.45) is 0 Å². The van der Waals surface area contributed by atoms with E-state index in [1.54, 1.807) is 28.8 Å². The van der Waals surface area contributed by atoms with Crippen molar-refractivity contribution >= 4 is 49.8 Å². The molecule has 0 aliphatic carbocycles. The van der Waals surface area contributed by atoms with Crippen LogP contribution in [0.4, 0.5) is 11.5 Å². The molecule has 4 aromatic rings. The quantitative estimate of drug-likeness (QED) is 0.167. The van der Waals surface area contributed by atoms with Crippen molar-refractivity contribution < 1.29 is 23.4 Å². The van der Waals surface area contributed by atoms with E-state index in [-0.39, 0.29) is 23.4 Å². The molecule has 40 heavy (non-hydrogen) atoms. The van der Waals surface area contributed by atoms with E-state index in [1.807, 2.05) is 37.3 Å². The summed E-state index contributed by atoms with van der Waals surface area (Å²) in [6.07, 6.45) is 2.52. The first kappa shape index (κ1) is 29.3. The van der Waals surface area contributed by atoms with Gasteiger partial charge in [0.15, 0.2) is 9.84 Å². The number of aromatic nitrogens is 2. The third-order valence-corrected chi connectivity index (χ3v) is 7.47. The average molecular weight is 586 g/mol. The number of fused-ring (bicyclic) bond motifs is 1. The van der Waals surface area contributed by atoms with Crippen molar-refractivity contribution in [3.8, 4) is 0 Å². The summed E-state index contributed by atoms with van der Waals surface area (Å²) in [6, 6.07) is 16.4. The molecule has 12 heteroatoms. The lowest BCUT2D eigenvalue weighted by molar-refractivity contribution is 0.0686. The monoisotopic (exact) mass is 585 g/mol. The highest BCUT2D eigenvalue weighted by Gasteiger charge is 2.17. The molecule has 6 N–H and O–H groups in total. The van der Waals surface area contributed by atoms with Crippen molar-refractivity contribution in [1.82, 2.24) is 14.9 Å². The van der Waals surface area contributed by atoms with Crippen molar-refractivity contribution in [2.75, 3.05) is 29.7 Å². The van der Waals surface area contributed by atoms with Crippen LogP contribution in [0.25, 0.3) is 10.9 Å². The Labute approximate surface area is 237 Å². The Kier molecular flexibility index (Phi) is 8.99. The number of nitrogens with one attached hydrogen (secondary N) is 2. The fourth-order valence-corrected chi connectivity index (χ4v) is 5.03.